The lowest BCUT2D eigenvalue weighted by Crippen LogP contribution is -2.49. The average Bonchev–Trinajstić information content (AvgIpc) is 3.48. The summed E-state index contributed by atoms with van der Waals surface area (Å²) in [4.78, 5) is 42.9. The van der Waals surface area contributed by atoms with E-state index in [1.54, 1.807) is 11.1 Å². The second-order valence-electron chi connectivity index (χ2n) is 7.25. The van der Waals surface area contributed by atoms with Gasteiger partial charge in [0, 0.05) is 22.3 Å². The third kappa shape index (κ3) is 6.48. The van der Waals surface area contributed by atoms with Gasteiger partial charge in [-0.25, -0.2) is 21.2 Å². The molecule has 0 radical (unpaired) electrons. The normalized spacial score (nSPS) is 18.5. The first-order valence-electron chi connectivity index (χ1n) is 10.1. The van der Waals surface area contributed by atoms with E-state index in [-0.39, 0.29) is 24.9 Å². The van der Waals surface area contributed by atoms with Crippen molar-refractivity contribution in [3.63, 3.8) is 0 Å². The predicted molar refractivity (Wildman–Crippen MR) is 126 cm³/mol. The molecule has 1 aliphatic heterocycles. The van der Waals surface area contributed by atoms with Gasteiger partial charge >= 0.3 is 6.09 Å². The van der Waals surface area contributed by atoms with E-state index < -0.39 is 18.2 Å². The van der Waals surface area contributed by atoms with E-state index in [9.17, 15) is 9.59 Å². The number of likely N-dealkylation sites (tertiary alicyclic amines) is 1. The fraction of sp³-hybridized carbons (Fsp3) is 0.429. The van der Waals surface area contributed by atoms with Crippen LogP contribution < -0.4 is 5.32 Å². The smallest absolute Gasteiger partial charge is 0.407 e. The van der Waals surface area contributed by atoms with E-state index in [0.717, 1.165) is 27.8 Å². The minimum atomic E-state index is -0.849. The highest BCUT2D eigenvalue weighted by Crippen LogP contribution is 2.34. The summed E-state index contributed by atoms with van der Waals surface area (Å²) in [7, 11) is 2.62. The summed E-state index contributed by atoms with van der Waals surface area (Å²) in [6, 6.07) is 6.16. The van der Waals surface area contributed by atoms with Crippen LogP contribution in [-0.4, -0.2) is 65.5 Å². The molecule has 0 unspecified atom stereocenters. The van der Waals surface area contributed by atoms with Gasteiger partial charge in [-0.05, 0) is 24.1 Å². The number of carbonyl (C=O) groups excluding carboxylic acids is 2. The molecule has 1 aromatic carbocycles. The lowest BCUT2D eigenvalue weighted by Gasteiger charge is -2.27. The first kappa shape index (κ1) is 25.0. The highest BCUT2D eigenvalue weighted by Gasteiger charge is 2.43. The first-order chi connectivity index (χ1) is 16.0. The van der Waals surface area contributed by atoms with E-state index in [1.165, 1.54) is 14.2 Å². The molecule has 2 N–H and O–H groups in total. The number of nitrogens with zero attached hydrogens (tertiary/aromatic N) is 3. The van der Waals surface area contributed by atoms with Gasteiger partial charge in [0.25, 0.3) is 0 Å². The standard InChI is InChI=1S/C21H24BrN5O5S/c1-23-15-10-18(19-24-11-17(25-19)13-4-6-14(22)7-5-13)27(12-15)20(28)16(26-21(29)30-2)8-9-33-32-31-3/h4-7,11,15-16,18H,8-10,12H2,2-3H3,(H,24,25)(H,26,29)/t15-,16-,18-/m0/s1. The van der Waals surface area contributed by atoms with Crippen LogP contribution in [0.15, 0.2) is 34.9 Å². The van der Waals surface area contributed by atoms with E-state index in [2.05, 4.69) is 45.7 Å². The summed E-state index contributed by atoms with van der Waals surface area (Å²) in [5.41, 5.74) is 1.77. The number of ether oxygens (including phenoxy) is 1. The van der Waals surface area contributed by atoms with Gasteiger partial charge in [0.05, 0.1) is 45.1 Å². The molecule has 0 aliphatic carbocycles. The largest absolute Gasteiger partial charge is 0.453 e. The van der Waals surface area contributed by atoms with Gasteiger partial charge in [-0.3, -0.25) is 4.79 Å². The zero-order valence-corrected chi connectivity index (χ0v) is 20.5. The lowest BCUT2D eigenvalue weighted by atomic mass is 10.1. The highest BCUT2D eigenvalue weighted by molar-refractivity contribution is 9.10. The number of H-pyrrole nitrogens is 1. The average molecular weight is 538 g/mol. The second-order valence-corrected chi connectivity index (χ2v) is 8.94. The molecule has 2 amide bonds. The maximum absolute atomic E-state index is 13.4. The van der Waals surface area contributed by atoms with Gasteiger partial charge in [0.2, 0.25) is 11.9 Å². The Kier molecular flexibility index (Phi) is 9.13. The van der Waals surface area contributed by atoms with Gasteiger partial charge in [-0.1, -0.05) is 28.1 Å². The van der Waals surface area contributed by atoms with Crippen molar-refractivity contribution in [2.75, 3.05) is 26.5 Å². The van der Waals surface area contributed by atoms with Gasteiger partial charge < -0.3 is 24.8 Å². The monoisotopic (exact) mass is 537 g/mol. The summed E-state index contributed by atoms with van der Waals surface area (Å²) in [5.74, 6) is 0.686. The van der Waals surface area contributed by atoms with Crippen LogP contribution in [0.4, 0.5) is 4.79 Å². The van der Waals surface area contributed by atoms with E-state index >= 15 is 0 Å². The molecule has 3 atom stereocenters. The van der Waals surface area contributed by atoms with Crippen LogP contribution >= 0.6 is 28.0 Å². The number of aromatic nitrogens is 2. The van der Waals surface area contributed by atoms with Crippen molar-refractivity contribution in [1.29, 1.82) is 0 Å². The highest BCUT2D eigenvalue weighted by atomic mass is 79.9. The quantitative estimate of drug-likeness (QED) is 0.165. The molecule has 1 aliphatic rings. The Morgan fingerprint density at radius 1 is 1.39 bits per heavy atom. The number of nitrogens with one attached hydrogen (secondary N) is 2. The molecule has 0 bridgehead atoms. The van der Waals surface area contributed by atoms with Crippen molar-refractivity contribution in [3.05, 3.63) is 52.2 Å². The van der Waals surface area contributed by atoms with Gasteiger partial charge in [0.1, 0.15) is 11.9 Å². The number of halogens is 1. The minimum Gasteiger partial charge on any atom is -0.453 e. The molecule has 1 saturated heterocycles. The fourth-order valence-corrected chi connectivity index (χ4v) is 4.36. The molecule has 2 aromatic rings. The van der Waals surface area contributed by atoms with Crippen molar-refractivity contribution in [3.8, 4) is 11.3 Å². The van der Waals surface area contributed by atoms with E-state index in [1.807, 2.05) is 24.3 Å². The van der Waals surface area contributed by atoms with Gasteiger partial charge in [-0.2, -0.15) is 4.33 Å². The molecule has 33 heavy (non-hydrogen) atoms. The number of methoxy groups -OCH3 is 1. The molecule has 10 nitrogen and oxygen atoms in total. The zero-order chi connectivity index (χ0) is 23.8. The number of aromatic amines is 1. The maximum atomic E-state index is 13.4. The van der Waals surface area contributed by atoms with Crippen molar-refractivity contribution in [2.24, 2.45) is 0 Å². The zero-order valence-electron chi connectivity index (χ0n) is 18.1. The van der Waals surface area contributed by atoms with Gasteiger partial charge in [-0.15, -0.1) is 0 Å². The second kappa shape index (κ2) is 12.0. The minimum absolute atomic E-state index is 0.252. The molecular formula is C21H24BrN5O5S. The molecule has 0 saturated carbocycles. The maximum Gasteiger partial charge on any atom is 0.407 e. The fourth-order valence-electron chi connectivity index (χ4n) is 3.60. The van der Waals surface area contributed by atoms with Crippen LogP contribution in [0, 0.1) is 6.57 Å². The third-order valence-corrected chi connectivity index (χ3v) is 6.36. The summed E-state index contributed by atoms with van der Waals surface area (Å²) in [6.45, 7) is 7.73. The van der Waals surface area contributed by atoms with E-state index in [4.69, 9.17) is 10.9 Å². The predicted octanol–water partition coefficient (Wildman–Crippen LogP) is 3.74. The van der Waals surface area contributed by atoms with E-state index in [0.29, 0.717) is 18.0 Å². The summed E-state index contributed by atoms with van der Waals surface area (Å²) in [6.07, 6.45) is 1.75. The number of hydrogen-bond donors (Lipinski definition) is 2. The van der Waals surface area contributed by atoms with Crippen LogP contribution in [0.2, 0.25) is 0 Å². The van der Waals surface area contributed by atoms with Crippen LogP contribution in [0.1, 0.15) is 24.7 Å². The number of hydrogen-bond acceptors (Lipinski definition) is 7. The Morgan fingerprint density at radius 3 is 2.82 bits per heavy atom. The number of carbonyl (C=O) groups is 2. The Labute approximate surface area is 204 Å². The Hall–Kier alpha value is -2.59. The summed E-state index contributed by atoms with van der Waals surface area (Å²) < 4.78 is 10.4. The topological polar surface area (TPSA) is 110 Å². The summed E-state index contributed by atoms with van der Waals surface area (Å²) >= 11 is 4.45. The number of imidazole rings is 1. The van der Waals surface area contributed by atoms with Crippen LogP contribution in [0.3, 0.4) is 0 Å². The Bertz CT molecular complexity index is 996. The molecule has 3 rings (SSSR count). The molecule has 12 heteroatoms. The number of alkyl carbamates (subject to hydrolysis) is 1. The van der Waals surface area contributed by atoms with Crippen LogP contribution in [0.5, 0.6) is 0 Å². The van der Waals surface area contributed by atoms with Crippen molar-refractivity contribution >= 4 is 40.0 Å². The molecule has 1 fully saturated rings. The molecular weight excluding hydrogens is 514 g/mol. The lowest BCUT2D eigenvalue weighted by molar-refractivity contribution is -0.160. The van der Waals surface area contributed by atoms with Crippen LogP contribution in [0.25, 0.3) is 16.1 Å². The van der Waals surface area contributed by atoms with Crippen molar-refractivity contribution in [2.45, 2.75) is 31.0 Å². The molecule has 176 valence electrons. The Morgan fingerprint density at radius 2 is 2.15 bits per heavy atom. The van der Waals surface area contributed by atoms with Gasteiger partial charge in [0.15, 0.2) is 0 Å². The third-order valence-electron chi connectivity index (χ3n) is 5.19. The number of benzene rings is 1. The van der Waals surface area contributed by atoms with Crippen molar-refractivity contribution in [1.82, 2.24) is 20.2 Å². The van der Waals surface area contributed by atoms with Crippen molar-refractivity contribution < 1.29 is 23.5 Å². The SMILES string of the molecule is [C-]#[N+][C@H]1C[C@@H](c2ncc(-c3ccc(Br)cc3)[nH]2)N(C(=O)[C@H](CCSOOC)NC(=O)OC)C1. The first-order valence-corrected chi connectivity index (χ1v) is 11.8. The number of rotatable bonds is 9. The summed E-state index contributed by atoms with van der Waals surface area (Å²) in [5, 5.41) is 2.59. The molecule has 2 heterocycles. The number of amides is 2. The van der Waals surface area contributed by atoms with Crippen LogP contribution in [-0.2, 0) is 18.8 Å². The molecule has 0 spiro atoms. The molecule has 1 aromatic heterocycles. The Balaban J connectivity index is 1.81.